The van der Waals surface area contributed by atoms with E-state index in [4.69, 9.17) is 9.47 Å². The number of hydrogen-bond acceptors (Lipinski definition) is 4. The lowest BCUT2D eigenvalue weighted by Gasteiger charge is -2.20. The molecule has 120 valence electrons. The van der Waals surface area contributed by atoms with Crippen LogP contribution in [0.1, 0.15) is 44.4 Å². The second-order valence-electron chi connectivity index (χ2n) is 5.34. The van der Waals surface area contributed by atoms with Crippen molar-refractivity contribution in [2.75, 3.05) is 26.4 Å². The van der Waals surface area contributed by atoms with Crippen molar-refractivity contribution in [3.63, 3.8) is 0 Å². The van der Waals surface area contributed by atoms with Gasteiger partial charge in [-0.1, -0.05) is 19.1 Å². The smallest absolute Gasteiger partial charge is 0.124 e. The predicted molar refractivity (Wildman–Crippen MR) is 85.9 cm³/mol. The SMILES string of the molecule is CCCNC(C)c1ccc(C)cc1OCC(O)COCC. The lowest BCUT2D eigenvalue weighted by Crippen LogP contribution is -2.25. The Bertz CT molecular complexity index is 409. The molecule has 0 radical (unpaired) electrons. The summed E-state index contributed by atoms with van der Waals surface area (Å²) in [5.41, 5.74) is 2.27. The Morgan fingerprint density at radius 2 is 2.00 bits per heavy atom. The van der Waals surface area contributed by atoms with Crippen LogP contribution in [0.5, 0.6) is 5.75 Å². The summed E-state index contributed by atoms with van der Waals surface area (Å²) in [6.45, 7) is 10.4. The topological polar surface area (TPSA) is 50.7 Å². The van der Waals surface area contributed by atoms with E-state index in [0.717, 1.165) is 29.8 Å². The second-order valence-corrected chi connectivity index (χ2v) is 5.34. The van der Waals surface area contributed by atoms with Gasteiger partial charge in [0.25, 0.3) is 0 Å². The molecule has 0 saturated heterocycles. The van der Waals surface area contributed by atoms with E-state index in [0.29, 0.717) is 13.2 Å². The van der Waals surface area contributed by atoms with Crippen LogP contribution in [0.2, 0.25) is 0 Å². The molecule has 0 heterocycles. The minimum atomic E-state index is -0.600. The fourth-order valence-electron chi connectivity index (χ4n) is 2.08. The average molecular weight is 295 g/mol. The summed E-state index contributed by atoms with van der Waals surface area (Å²) < 4.78 is 11.0. The maximum absolute atomic E-state index is 9.82. The van der Waals surface area contributed by atoms with E-state index in [9.17, 15) is 5.11 Å². The largest absolute Gasteiger partial charge is 0.490 e. The molecule has 2 atom stereocenters. The Balaban J connectivity index is 2.68. The Morgan fingerprint density at radius 3 is 2.67 bits per heavy atom. The van der Waals surface area contributed by atoms with Gasteiger partial charge in [0.15, 0.2) is 0 Å². The van der Waals surface area contributed by atoms with Crippen LogP contribution in [0.4, 0.5) is 0 Å². The van der Waals surface area contributed by atoms with Gasteiger partial charge in [-0.25, -0.2) is 0 Å². The number of aryl methyl sites for hydroxylation is 1. The van der Waals surface area contributed by atoms with E-state index in [2.05, 4.69) is 31.3 Å². The third-order valence-corrected chi connectivity index (χ3v) is 3.28. The van der Waals surface area contributed by atoms with Crippen LogP contribution in [0.3, 0.4) is 0 Å². The summed E-state index contributed by atoms with van der Waals surface area (Å²) in [6, 6.07) is 6.42. The van der Waals surface area contributed by atoms with Gasteiger partial charge in [0.05, 0.1) is 6.61 Å². The molecule has 2 unspecified atom stereocenters. The lowest BCUT2D eigenvalue weighted by atomic mass is 10.0. The van der Waals surface area contributed by atoms with Crippen molar-refractivity contribution in [3.05, 3.63) is 29.3 Å². The zero-order chi connectivity index (χ0) is 15.7. The summed E-state index contributed by atoms with van der Waals surface area (Å²) in [7, 11) is 0. The Kier molecular flexibility index (Phi) is 8.35. The van der Waals surface area contributed by atoms with Gasteiger partial charge in [0.1, 0.15) is 18.5 Å². The van der Waals surface area contributed by atoms with Gasteiger partial charge in [-0.15, -0.1) is 0 Å². The third kappa shape index (κ3) is 6.46. The van der Waals surface area contributed by atoms with E-state index in [1.165, 1.54) is 0 Å². The fraction of sp³-hybridized carbons (Fsp3) is 0.647. The zero-order valence-electron chi connectivity index (χ0n) is 13.7. The Hall–Kier alpha value is -1.10. The highest BCUT2D eigenvalue weighted by atomic mass is 16.5. The Morgan fingerprint density at radius 1 is 1.24 bits per heavy atom. The highest BCUT2D eigenvalue weighted by Gasteiger charge is 2.13. The molecule has 0 fully saturated rings. The van der Waals surface area contributed by atoms with Crippen molar-refractivity contribution in [2.24, 2.45) is 0 Å². The molecule has 0 aliphatic heterocycles. The number of hydrogen-bond donors (Lipinski definition) is 2. The summed E-state index contributed by atoms with van der Waals surface area (Å²) in [6.07, 6.45) is 0.497. The molecule has 0 amide bonds. The van der Waals surface area contributed by atoms with Gasteiger partial charge in [-0.05, 0) is 45.4 Å². The first-order chi connectivity index (χ1) is 10.1. The van der Waals surface area contributed by atoms with Gasteiger partial charge < -0.3 is 19.9 Å². The van der Waals surface area contributed by atoms with Crippen LogP contribution in [0.15, 0.2) is 18.2 Å². The summed E-state index contributed by atoms with van der Waals surface area (Å²) in [5.74, 6) is 0.835. The number of benzene rings is 1. The maximum Gasteiger partial charge on any atom is 0.124 e. The number of nitrogens with one attached hydrogen (secondary N) is 1. The minimum Gasteiger partial charge on any atom is -0.490 e. The molecule has 0 saturated carbocycles. The highest BCUT2D eigenvalue weighted by Crippen LogP contribution is 2.26. The molecule has 1 rings (SSSR count). The molecule has 0 aliphatic rings. The van der Waals surface area contributed by atoms with Crippen molar-refractivity contribution in [2.45, 2.75) is 46.3 Å². The number of aliphatic hydroxyl groups is 1. The van der Waals surface area contributed by atoms with Crippen LogP contribution in [0, 0.1) is 6.92 Å². The van der Waals surface area contributed by atoms with Crippen LogP contribution < -0.4 is 10.1 Å². The summed E-state index contributed by atoms with van der Waals surface area (Å²) in [4.78, 5) is 0. The number of ether oxygens (including phenoxy) is 2. The molecule has 0 aliphatic carbocycles. The van der Waals surface area contributed by atoms with Crippen LogP contribution in [0.25, 0.3) is 0 Å². The van der Waals surface area contributed by atoms with E-state index in [1.54, 1.807) is 0 Å². The van der Waals surface area contributed by atoms with Gasteiger partial charge in [0.2, 0.25) is 0 Å². The average Bonchev–Trinajstić information content (AvgIpc) is 2.48. The third-order valence-electron chi connectivity index (χ3n) is 3.28. The predicted octanol–water partition coefficient (Wildman–Crippen LogP) is 2.83. The van der Waals surface area contributed by atoms with Crippen molar-refractivity contribution in [1.29, 1.82) is 0 Å². The molecule has 0 bridgehead atoms. The molecule has 4 heteroatoms. The highest BCUT2D eigenvalue weighted by molar-refractivity contribution is 5.39. The van der Waals surface area contributed by atoms with E-state index >= 15 is 0 Å². The normalized spacial score (nSPS) is 14.0. The van der Waals surface area contributed by atoms with E-state index in [1.807, 2.05) is 19.9 Å². The quantitative estimate of drug-likeness (QED) is 0.697. The van der Waals surface area contributed by atoms with E-state index in [-0.39, 0.29) is 12.6 Å². The summed E-state index contributed by atoms with van der Waals surface area (Å²) in [5, 5.41) is 13.3. The van der Waals surface area contributed by atoms with Crippen molar-refractivity contribution in [1.82, 2.24) is 5.32 Å². The van der Waals surface area contributed by atoms with Crippen molar-refractivity contribution in [3.8, 4) is 5.75 Å². The molecular weight excluding hydrogens is 266 g/mol. The van der Waals surface area contributed by atoms with Crippen molar-refractivity contribution < 1.29 is 14.6 Å². The monoisotopic (exact) mass is 295 g/mol. The van der Waals surface area contributed by atoms with Crippen LogP contribution >= 0.6 is 0 Å². The first-order valence-corrected chi connectivity index (χ1v) is 7.81. The molecule has 2 N–H and O–H groups in total. The number of aliphatic hydroxyl groups excluding tert-OH is 1. The van der Waals surface area contributed by atoms with Crippen LogP contribution in [-0.2, 0) is 4.74 Å². The van der Waals surface area contributed by atoms with Gasteiger partial charge in [-0.3, -0.25) is 0 Å². The van der Waals surface area contributed by atoms with Gasteiger partial charge >= 0.3 is 0 Å². The minimum absolute atomic E-state index is 0.226. The van der Waals surface area contributed by atoms with Gasteiger partial charge in [0, 0.05) is 18.2 Å². The zero-order valence-corrected chi connectivity index (χ0v) is 13.7. The fourth-order valence-corrected chi connectivity index (χ4v) is 2.08. The molecule has 21 heavy (non-hydrogen) atoms. The van der Waals surface area contributed by atoms with Crippen molar-refractivity contribution >= 4 is 0 Å². The molecular formula is C17H29NO3. The molecule has 4 nitrogen and oxygen atoms in total. The van der Waals surface area contributed by atoms with Gasteiger partial charge in [-0.2, -0.15) is 0 Å². The molecule has 1 aromatic carbocycles. The first-order valence-electron chi connectivity index (χ1n) is 7.81. The standard InChI is InChI=1S/C17H29NO3/c1-5-9-18-14(4)16-8-7-13(3)10-17(16)21-12-15(19)11-20-6-2/h7-8,10,14-15,18-19H,5-6,9,11-12H2,1-4H3. The molecule has 1 aromatic rings. The maximum atomic E-state index is 9.82. The lowest BCUT2D eigenvalue weighted by molar-refractivity contribution is 0.0161. The second kappa shape index (κ2) is 9.77. The first kappa shape index (κ1) is 18.0. The van der Waals surface area contributed by atoms with E-state index < -0.39 is 6.10 Å². The Labute approximate surface area is 128 Å². The molecule has 0 spiro atoms. The summed E-state index contributed by atoms with van der Waals surface area (Å²) >= 11 is 0. The molecule has 0 aromatic heterocycles. The number of rotatable bonds is 10. The van der Waals surface area contributed by atoms with Crippen LogP contribution in [-0.4, -0.2) is 37.6 Å².